The Morgan fingerprint density at radius 2 is 2.11 bits per heavy atom. The Morgan fingerprint density at radius 1 is 1.44 bits per heavy atom. The van der Waals surface area contributed by atoms with E-state index in [0.29, 0.717) is 5.75 Å². The minimum Gasteiger partial charge on any atom is -0.394 e. The quantitative estimate of drug-likeness (QED) is 0.369. The molecule has 0 radical (unpaired) electrons. The molecule has 18 heavy (non-hydrogen) atoms. The number of ether oxygens (including phenoxy) is 2. The number of rotatable bonds is 5. The largest absolute Gasteiger partial charge is 0.394 e. The van der Waals surface area contributed by atoms with Gasteiger partial charge in [0.2, 0.25) is 5.91 Å². The van der Waals surface area contributed by atoms with Crippen LogP contribution in [0.5, 0.6) is 0 Å². The van der Waals surface area contributed by atoms with Gasteiger partial charge in [0.05, 0.1) is 13.2 Å². The van der Waals surface area contributed by atoms with E-state index in [4.69, 9.17) is 14.6 Å². The highest BCUT2D eigenvalue weighted by Gasteiger charge is 2.45. The van der Waals surface area contributed by atoms with Crippen LogP contribution in [0.25, 0.3) is 0 Å². The summed E-state index contributed by atoms with van der Waals surface area (Å²) in [5, 5.41) is 31.1. The molecule has 1 rings (SSSR count). The molecule has 0 spiro atoms. The van der Waals surface area contributed by atoms with E-state index >= 15 is 0 Å². The summed E-state index contributed by atoms with van der Waals surface area (Å²) in [6.45, 7) is 1.09. The summed E-state index contributed by atoms with van der Waals surface area (Å²) in [4.78, 5) is 11.1. The summed E-state index contributed by atoms with van der Waals surface area (Å²) in [5.74, 6) is 0.0616. The van der Waals surface area contributed by atoms with Crippen molar-refractivity contribution in [2.45, 2.75) is 37.6 Å². The molecule has 1 amide bonds. The van der Waals surface area contributed by atoms with Crippen LogP contribution < -0.4 is 5.32 Å². The number of hydrogen-bond donors (Lipinski definition) is 5. The van der Waals surface area contributed by atoms with Crippen LogP contribution in [0.3, 0.4) is 0 Å². The first-order chi connectivity index (χ1) is 8.51. The third kappa shape index (κ3) is 3.81. The second-order valence-corrected chi connectivity index (χ2v) is 4.47. The van der Waals surface area contributed by atoms with Crippen LogP contribution >= 0.6 is 12.6 Å². The zero-order valence-corrected chi connectivity index (χ0v) is 10.9. The highest BCUT2D eigenvalue weighted by atomic mass is 32.1. The van der Waals surface area contributed by atoms with Crippen molar-refractivity contribution in [2.24, 2.45) is 0 Å². The van der Waals surface area contributed by atoms with Crippen molar-refractivity contribution in [1.29, 1.82) is 0 Å². The van der Waals surface area contributed by atoms with E-state index in [1.54, 1.807) is 0 Å². The lowest BCUT2D eigenvalue weighted by Gasteiger charge is -2.42. The molecule has 0 aromatic rings. The fourth-order valence-electron chi connectivity index (χ4n) is 1.78. The Balaban J connectivity index is 2.76. The lowest BCUT2D eigenvalue weighted by Crippen LogP contribution is -2.64. The van der Waals surface area contributed by atoms with Gasteiger partial charge in [-0.2, -0.15) is 12.6 Å². The zero-order valence-electron chi connectivity index (χ0n) is 10.0. The van der Waals surface area contributed by atoms with Crippen molar-refractivity contribution in [2.75, 3.05) is 19.0 Å². The molecule has 106 valence electrons. The summed E-state index contributed by atoms with van der Waals surface area (Å²) in [6.07, 6.45) is -4.45. The van der Waals surface area contributed by atoms with Gasteiger partial charge in [-0.25, -0.2) is 0 Å². The summed E-state index contributed by atoms with van der Waals surface area (Å²) in [6, 6.07) is -0.889. The zero-order chi connectivity index (χ0) is 13.7. The molecule has 1 aliphatic heterocycles. The molecule has 0 aromatic heterocycles. The van der Waals surface area contributed by atoms with Crippen LogP contribution in [-0.2, 0) is 14.3 Å². The first-order valence-electron chi connectivity index (χ1n) is 5.63. The Morgan fingerprint density at radius 3 is 2.61 bits per heavy atom. The van der Waals surface area contributed by atoms with Gasteiger partial charge in [-0.05, 0) is 0 Å². The number of amides is 1. The van der Waals surface area contributed by atoms with Gasteiger partial charge in [-0.15, -0.1) is 0 Å². The maximum absolute atomic E-state index is 11.1. The van der Waals surface area contributed by atoms with E-state index in [0.717, 1.165) is 0 Å². The number of thiol groups is 1. The molecule has 8 heteroatoms. The van der Waals surface area contributed by atoms with Gasteiger partial charge in [0.15, 0.2) is 6.29 Å². The van der Waals surface area contributed by atoms with Crippen molar-refractivity contribution < 1.29 is 29.6 Å². The second-order valence-electron chi connectivity index (χ2n) is 4.03. The van der Waals surface area contributed by atoms with E-state index in [1.807, 2.05) is 0 Å². The van der Waals surface area contributed by atoms with E-state index in [2.05, 4.69) is 17.9 Å². The molecule has 5 unspecified atom stereocenters. The van der Waals surface area contributed by atoms with Crippen molar-refractivity contribution in [1.82, 2.24) is 5.32 Å². The van der Waals surface area contributed by atoms with E-state index < -0.39 is 37.3 Å². The highest BCUT2D eigenvalue weighted by molar-refractivity contribution is 7.80. The van der Waals surface area contributed by atoms with Gasteiger partial charge in [0.1, 0.15) is 24.4 Å². The summed E-state index contributed by atoms with van der Waals surface area (Å²) < 4.78 is 10.6. The van der Waals surface area contributed by atoms with Gasteiger partial charge < -0.3 is 30.1 Å². The van der Waals surface area contributed by atoms with Gasteiger partial charge in [-0.1, -0.05) is 0 Å². The van der Waals surface area contributed by atoms with Crippen LogP contribution in [-0.4, -0.2) is 70.8 Å². The number of aliphatic hydroxyl groups excluding tert-OH is 3. The molecule has 0 aliphatic carbocycles. The van der Waals surface area contributed by atoms with Crippen molar-refractivity contribution >= 4 is 18.5 Å². The number of aliphatic hydroxyl groups is 3. The molecule has 5 atom stereocenters. The fourth-order valence-corrected chi connectivity index (χ4v) is 1.89. The second kappa shape index (κ2) is 7.27. The molecule has 0 aromatic carbocycles. The third-order valence-electron chi connectivity index (χ3n) is 2.62. The minimum absolute atomic E-state index is 0.255. The maximum atomic E-state index is 11.1. The Hall–Kier alpha value is -0.380. The Labute approximate surface area is 110 Å². The monoisotopic (exact) mass is 281 g/mol. The van der Waals surface area contributed by atoms with E-state index in [1.165, 1.54) is 6.92 Å². The number of nitrogens with one attached hydrogen (secondary N) is 1. The number of hydrogen-bond acceptors (Lipinski definition) is 7. The van der Waals surface area contributed by atoms with Crippen LogP contribution in [0, 0.1) is 0 Å². The summed E-state index contributed by atoms with van der Waals surface area (Å²) in [7, 11) is 0. The van der Waals surface area contributed by atoms with Gasteiger partial charge in [0, 0.05) is 12.7 Å². The lowest BCUT2D eigenvalue weighted by atomic mass is 9.97. The average molecular weight is 281 g/mol. The van der Waals surface area contributed by atoms with Gasteiger partial charge in [-0.3, -0.25) is 4.79 Å². The molecule has 1 saturated heterocycles. The minimum atomic E-state index is -1.29. The van der Waals surface area contributed by atoms with Crippen LogP contribution in [0.2, 0.25) is 0 Å². The molecule has 4 N–H and O–H groups in total. The smallest absolute Gasteiger partial charge is 0.217 e. The summed E-state index contributed by atoms with van der Waals surface area (Å²) in [5.41, 5.74) is 0. The SMILES string of the molecule is CC(=O)NC1C(OCCS)OC(CO)C(O)C1O. The predicted octanol–water partition coefficient (Wildman–Crippen LogP) is -2.12. The van der Waals surface area contributed by atoms with E-state index in [-0.39, 0.29) is 12.5 Å². The average Bonchev–Trinajstić information content (AvgIpc) is 2.33. The highest BCUT2D eigenvalue weighted by Crippen LogP contribution is 2.22. The molecular weight excluding hydrogens is 262 g/mol. The fraction of sp³-hybridized carbons (Fsp3) is 0.900. The molecule has 1 aliphatic rings. The first-order valence-corrected chi connectivity index (χ1v) is 6.26. The maximum Gasteiger partial charge on any atom is 0.217 e. The lowest BCUT2D eigenvalue weighted by molar-refractivity contribution is -0.268. The molecule has 1 fully saturated rings. The molecule has 0 bridgehead atoms. The first kappa shape index (κ1) is 15.7. The van der Waals surface area contributed by atoms with Crippen molar-refractivity contribution in [3.05, 3.63) is 0 Å². The topological polar surface area (TPSA) is 108 Å². The normalized spacial score (nSPS) is 36.4. The predicted molar refractivity (Wildman–Crippen MR) is 65.2 cm³/mol. The van der Waals surface area contributed by atoms with E-state index in [9.17, 15) is 15.0 Å². The van der Waals surface area contributed by atoms with Crippen molar-refractivity contribution in [3.8, 4) is 0 Å². The Kier molecular flexibility index (Phi) is 6.33. The number of carbonyl (C=O) groups excluding carboxylic acids is 1. The van der Waals surface area contributed by atoms with Crippen LogP contribution in [0.1, 0.15) is 6.92 Å². The summed E-state index contributed by atoms with van der Waals surface area (Å²) >= 11 is 3.98. The number of carbonyl (C=O) groups is 1. The van der Waals surface area contributed by atoms with Gasteiger partial charge in [0.25, 0.3) is 0 Å². The molecule has 0 saturated carbocycles. The standard InChI is InChI=1S/C10H19NO6S/c1-5(13)11-7-9(15)8(14)6(4-12)17-10(7)16-2-3-18/h6-10,12,14-15,18H,2-4H2,1H3,(H,11,13). The van der Waals surface area contributed by atoms with Crippen LogP contribution in [0.4, 0.5) is 0 Å². The third-order valence-corrected chi connectivity index (χ3v) is 2.81. The Bertz CT molecular complexity index is 279. The molecule has 7 nitrogen and oxygen atoms in total. The molecular formula is C10H19NO6S. The van der Waals surface area contributed by atoms with Crippen molar-refractivity contribution in [3.63, 3.8) is 0 Å². The van der Waals surface area contributed by atoms with Crippen LogP contribution in [0.15, 0.2) is 0 Å². The molecule has 1 heterocycles. The van der Waals surface area contributed by atoms with Gasteiger partial charge >= 0.3 is 0 Å².